The molecule has 1 heterocycles. The minimum Gasteiger partial charge on any atom is -0.478 e. The van der Waals surface area contributed by atoms with Gasteiger partial charge in [0.1, 0.15) is 0 Å². The first kappa shape index (κ1) is 15.6. The first-order chi connectivity index (χ1) is 10.9. The third-order valence-corrected chi connectivity index (χ3v) is 4.42. The van der Waals surface area contributed by atoms with Crippen molar-refractivity contribution in [1.82, 2.24) is 0 Å². The van der Waals surface area contributed by atoms with E-state index >= 15 is 0 Å². The molecule has 0 saturated carbocycles. The van der Waals surface area contributed by atoms with Crippen molar-refractivity contribution < 1.29 is 9.90 Å². The maximum absolute atomic E-state index is 11.8. The zero-order valence-electron chi connectivity index (χ0n) is 14.0. The summed E-state index contributed by atoms with van der Waals surface area (Å²) in [6.45, 7) is 6.79. The lowest BCUT2D eigenvalue weighted by molar-refractivity contribution is -0.133. The Hall–Kier alpha value is -2.29. The highest BCUT2D eigenvalue weighted by Crippen LogP contribution is 2.38. The molecule has 0 bridgehead atoms. The third-order valence-electron chi connectivity index (χ3n) is 4.42. The molecule has 0 unspecified atom stereocenters. The number of rotatable bonds is 2. The number of carboxylic acid groups (broad SMARTS) is 1. The number of anilines is 1. The minimum absolute atomic E-state index is 0.374. The van der Waals surface area contributed by atoms with E-state index in [9.17, 15) is 9.90 Å². The van der Waals surface area contributed by atoms with E-state index in [4.69, 9.17) is 0 Å². The second-order valence-corrected chi connectivity index (χ2v) is 7.16. The summed E-state index contributed by atoms with van der Waals surface area (Å²) < 4.78 is 0. The molecule has 0 spiro atoms. The van der Waals surface area contributed by atoms with Crippen molar-refractivity contribution >= 4 is 22.4 Å². The Morgan fingerprint density at radius 1 is 1.09 bits per heavy atom. The molecule has 3 rings (SSSR count). The van der Waals surface area contributed by atoms with Gasteiger partial charge in [-0.25, -0.2) is 4.79 Å². The van der Waals surface area contributed by atoms with Crippen molar-refractivity contribution in [1.29, 1.82) is 0 Å². The van der Waals surface area contributed by atoms with Gasteiger partial charge in [-0.3, -0.25) is 0 Å². The number of fused-ring (bicyclic) bond motifs is 1. The summed E-state index contributed by atoms with van der Waals surface area (Å²) in [6.07, 6.45) is 1.82. The molecule has 2 aromatic rings. The molecule has 1 aliphatic heterocycles. The standard InChI is InChI=1S/C20H23NO2/c1-20(2,3)18(19(22)23)17-9-6-12-21(17)16-11-10-14-7-4-5-8-15(14)13-16/h4-5,7-8,10-11,13H,6,9,12H2,1-3H3,(H,22,23). The summed E-state index contributed by atoms with van der Waals surface area (Å²) in [4.78, 5) is 14.0. The number of allylic oxidation sites excluding steroid dienone is 1. The van der Waals surface area contributed by atoms with E-state index in [1.807, 2.05) is 32.9 Å². The molecule has 0 radical (unpaired) electrons. The van der Waals surface area contributed by atoms with Crippen LogP contribution in [-0.2, 0) is 4.79 Å². The number of carboxylic acids is 1. The van der Waals surface area contributed by atoms with E-state index in [1.54, 1.807) is 0 Å². The predicted molar refractivity (Wildman–Crippen MR) is 94.6 cm³/mol. The lowest BCUT2D eigenvalue weighted by atomic mass is 9.84. The van der Waals surface area contributed by atoms with E-state index < -0.39 is 5.97 Å². The molecule has 1 N–H and O–H groups in total. The van der Waals surface area contributed by atoms with Crippen LogP contribution in [0.15, 0.2) is 53.7 Å². The van der Waals surface area contributed by atoms with Gasteiger partial charge in [0.05, 0.1) is 5.57 Å². The van der Waals surface area contributed by atoms with Gasteiger partial charge in [0, 0.05) is 17.9 Å². The fraction of sp³-hybridized carbons (Fsp3) is 0.350. The monoisotopic (exact) mass is 309 g/mol. The van der Waals surface area contributed by atoms with Gasteiger partial charge in [-0.15, -0.1) is 0 Å². The van der Waals surface area contributed by atoms with Crippen LogP contribution in [0.3, 0.4) is 0 Å². The van der Waals surface area contributed by atoms with Crippen LogP contribution in [0.2, 0.25) is 0 Å². The lowest BCUT2D eigenvalue weighted by Crippen LogP contribution is -2.26. The molecule has 0 atom stereocenters. The number of nitrogens with zero attached hydrogens (tertiary/aromatic N) is 1. The first-order valence-corrected chi connectivity index (χ1v) is 8.11. The van der Waals surface area contributed by atoms with Gasteiger partial charge in [0.15, 0.2) is 0 Å². The van der Waals surface area contributed by atoms with Gasteiger partial charge in [-0.1, -0.05) is 51.1 Å². The number of aliphatic carboxylic acids is 1. The molecular weight excluding hydrogens is 286 g/mol. The fourth-order valence-corrected chi connectivity index (χ4v) is 3.44. The van der Waals surface area contributed by atoms with Gasteiger partial charge in [-0.05, 0) is 41.2 Å². The molecule has 3 nitrogen and oxygen atoms in total. The fourth-order valence-electron chi connectivity index (χ4n) is 3.44. The van der Waals surface area contributed by atoms with Crippen LogP contribution in [0.5, 0.6) is 0 Å². The highest BCUT2D eigenvalue weighted by Gasteiger charge is 2.32. The number of carbonyl (C=O) groups is 1. The Kier molecular flexibility index (Phi) is 3.88. The molecule has 120 valence electrons. The van der Waals surface area contributed by atoms with Gasteiger partial charge < -0.3 is 10.0 Å². The van der Waals surface area contributed by atoms with Crippen molar-refractivity contribution in [3.63, 3.8) is 0 Å². The second-order valence-electron chi connectivity index (χ2n) is 7.16. The molecule has 2 aromatic carbocycles. The van der Waals surface area contributed by atoms with Crippen LogP contribution >= 0.6 is 0 Å². The summed E-state index contributed by atoms with van der Waals surface area (Å²) >= 11 is 0. The first-order valence-electron chi connectivity index (χ1n) is 8.11. The third kappa shape index (κ3) is 2.96. The Bertz CT molecular complexity index is 784. The van der Waals surface area contributed by atoms with Crippen molar-refractivity contribution in [2.75, 3.05) is 11.4 Å². The van der Waals surface area contributed by atoms with Gasteiger partial charge in [0.2, 0.25) is 0 Å². The van der Waals surface area contributed by atoms with Crippen LogP contribution in [0, 0.1) is 5.41 Å². The van der Waals surface area contributed by atoms with Crippen LogP contribution in [0.4, 0.5) is 5.69 Å². The van der Waals surface area contributed by atoms with Gasteiger partial charge in [0.25, 0.3) is 0 Å². The predicted octanol–water partition coefficient (Wildman–Crippen LogP) is 4.82. The zero-order valence-corrected chi connectivity index (χ0v) is 14.0. The topological polar surface area (TPSA) is 40.5 Å². The van der Waals surface area contributed by atoms with Crippen LogP contribution in [0.1, 0.15) is 33.6 Å². The van der Waals surface area contributed by atoms with E-state index in [0.29, 0.717) is 5.57 Å². The van der Waals surface area contributed by atoms with Crippen LogP contribution < -0.4 is 4.90 Å². The average Bonchev–Trinajstić information content (AvgIpc) is 2.93. The van der Waals surface area contributed by atoms with Crippen molar-refractivity contribution in [2.24, 2.45) is 5.41 Å². The summed E-state index contributed by atoms with van der Waals surface area (Å²) in [5, 5.41) is 12.1. The van der Waals surface area contributed by atoms with Gasteiger partial charge >= 0.3 is 5.97 Å². The molecule has 1 saturated heterocycles. The summed E-state index contributed by atoms with van der Waals surface area (Å²) in [5.74, 6) is -0.805. The smallest absolute Gasteiger partial charge is 0.333 e. The zero-order chi connectivity index (χ0) is 16.6. The van der Waals surface area contributed by atoms with E-state index in [1.165, 1.54) is 10.8 Å². The maximum Gasteiger partial charge on any atom is 0.333 e. The van der Waals surface area contributed by atoms with Crippen molar-refractivity contribution in [3.8, 4) is 0 Å². The Balaban J connectivity index is 2.11. The lowest BCUT2D eigenvalue weighted by Gasteiger charge is -2.28. The molecule has 0 aliphatic carbocycles. The maximum atomic E-state index is 11.8. The normalized spacial score (nSPS) is 17.6. The van der Waals surface area contributed by atoms with Crippen LogP contribution in [-0.4, -0.2) is 17.6 Å². The average molecular weight is 309 g/mol. The molecule has 23 heavy (non-hydrogen) atoms. The van der Waals surface area contributed by atoms with Crippen molar-refractivity contribution in [2.45, 2.75) is 33.6 Å². The highest BCUT2D eigenvalue weighted by atomic mass is 16.4. The molecule has 0 amide bonds. The quantitative estimate of drug-likeness (QED) is 0.808. The number of hydrogen-bond donors (Lipinski definition) is 1. The Morgan fingerprint density at radius 3 is 2.43 bits per heavy atom. The largest absolute Gasteiger partial charge is 0.478 e. The molecule has 3 heteroatoms. The summed E-state index contributed by atoms with van der Waals surface area (Å²) in [7, 11) is 0. The van der Waals surface area contributed by atoms with E-state index in [0.717, 1.165) is 30.8 Å². The minimum atomic E-state index is -0.805. The summed E-state index contributed by atoms with van der Waals surface area (Å²) in [5.41, 5.74) is 2.20. The molecular formula is C20H23NO2. The summed E-state index contributed by atoms with van der Waals surface area (Å²) in [6, 6.07) is 14.6. The SMILES string of the molecule is CC(C)(C)C(C(=O)O)=C1CCCN1c1ccc2ccccc2c1. The second kappa shape index (κ2) is 5.73. The van der Waals surface area contributed by atoms with Crippen LogP contribution in [0.25, 0.3) is 10.8 Å². The Morgan fingerprint density at radius 2 is 1.78 bits per heavy atom. The number of hydrogen-bond acceptors (Lipinski definition) is 2. The van der Waals surface area contributed by atoms with E-state index in [2.05, 4.69) is 35.2 Å². The van der Waals surface area contributed by atoms with Crippen molar-refractivity contribution in [3.05, 3.63) is 53.7 Å². The highest BCUT2D eigenvalue weighted by molar-refractivity contribution is 5.91. The van der Waals surface area contributed by atoms with Gasteiger partial charge in [-0.2, -0.15) is 0 Å². The molecule has 1 fully saturated rings. The van der Waals surface area contributed by atoms with E-state index in [-0.39, 0.29) is 5.41 Å². The molecule has 1 aliphatic rings. The Labute approximate surface area is 137 Å². The number of benzene rings is 2. The molecule has 0 aromatic heterocycles.